The summed E-state index contributed by atoms with van der Waals surface area (Å²) in [5.74, 6) is -1.45. The number of methoxy groups -OCH3 is 1. The van der Waals surface area contributed by atoms with Gasteiger partial charge in [-0.1, -0.05) is 0 Å². The van der Waals surface area contributed by atoms with Crippen LogP contribution < -0.4 is 5.32 Å². The molecule has 1 aromatic rings. The lowest BCUT2D eigenvalue weighted by Crippen LogP contribution is -2.34. The molecule has 0 spiro atoms. The number of aromatic hydroxyl groups is 1. The molecule has 1 rings (SSSR count). The Labute approximate surface area is 118 Å². The Kier molecular flexibility index (Phi) is 5.78. The van der Waals surface area contributed by atoms with Gasteiger partial charge in [0.1, 0.15) is 5.75 Å². The number of carboxylic acid groups (broad SMARTS) is 1. The largest absolute Gasteiger partial charge is 0.507 e. The molecule has 0 fully saturated rings. The molecule has 0 aliphatic heterocycles. The van der Waals surface area contributed by atoms with Crippen LogP contribution in [0.2, 0.25) is 0 Å². The van der Waals surface area contributed by atoms with Crippen molar-refractivity contribution in [1.82, 2.24) is 5.32 Å². The molecule has 1 atom stereocenters. The summed E-state index contributed by atoms with van der Waals surface area (Å²) in [5, 5.41) is 20.6. The van der Waals surface area contributed by atoms with Crippen molar-refractivity contribution in [3.8, 4) is 5.75 Å². The third-order valence-corrected chi connectivity index (χ3v) is 3.10. The molecule has 0 radical (unpaired) electrons. The van der Waals surface area contributed by atoms with Gasteiger partial charge >= 0.3 is 5.97 Å². The molecule has 1 unspecified atom stereocenters. The van der Waals surface area contributed by atoms with E-state index in [0.29, 0.717) is 4.47 Å². The van der Waals surface area contributed by atoms with E-state index in [1.54, 1.807) is 6.07 Å². The van der Waals surface area contributed by atoms with Crippen molar-refractivity contribution < 1.29 is 24.5 Å². The van der Waals surface area contributed by atoms with E-state index in [-0.39, 0.29) is 24.3 Å². The van der Waals surface area contributed by atoms with Crippen LogP contribution in [-0.4, -0.2) is 41.8 Å². The van der Waals surface area contributed by atoms with E-state index < -0.39 is 18.0 Å². The van der Waals surface area contributed by atoms with E-state index in [1.807, 2.05) is 0 Å². The molecule has 1 amide bonds. The lowest BCUT2D eigenvalue weighted by molar-refractivity contribution is -0.139. The number of hydrogen-bond acceptors (Lipinski definition) is 4. The van der Waals surface area contributed by atoms with E-state index in [1.165, 1.54) is 19.2 Å². The van der Waals surface area contributed by atoms with Crippen LogP contribution in [-0.2, 0) is 9.53 Å². The summed E-state index contributed by atoms with van der Waals surface area (Å²) in [6.45, 7) is 0.0818. The maximum Gasteiger partial charge on any atom is 0.306 e. The number of rotatable bonds is 6. The van der Waals surface area contributed by atoms with Gasteiger partial charge in [0.05, 0.1) is 17.0 Å². The molecule has 0 heterocycles. The van der Waals surface area contributed by atoms with Crippen molar-refractivity contribution in [2.24, 2.45) is 0 Å². The van der Waals surface area contributed by atoms with Gasteiger partial charge in [-0.15, -0.1) is 0 Å². The van der Waals surface area contributed by atoms with Crippen molar-refractivity contribution in [3.05, 3.63) is 28.2 Å². The Morgan fingerprint density at radius 1 is 1.47 bits per heavy atom. The normalized spacial score (nSPS) is 11.9. The summed E-state index contributed by atoms with van der Waals surface area (Å²) in [6, 6.07) is 4.41. The quantitative estimate of drug-likeness (QED) is 0.731. The van der Waals surface area contributed by atoms with Crippen LogP contribution in [0.4, 0.5) is 0 Å². The number of phenols is 1. The average molecular weight is 332 g/mol. The molecule has 19 heavy (non-hydrogen) atoms. The maximum atomic E-state index is 11.8. The number of nitrogens with one attached hydrogen (secondary N) is 1. The minimum Gasteiger partial charge on any atom is -0.507 e. The third kappa shape index (κ3) is 4.88. The number of aliphatic carboxylic acids is 1. The molecule has 104 valence electrons. The van der Waals surface area contributed by atoms with E-state index in [2.05, 4.69) is 21.2 Å². The molecule has 6 nitrogen and oxygen atoms in total. The number of ether oxygens (including phenoxy) is 1. The van der Waals surface area contributed by atoms with Gasteiger partial charge < -0.3 is 20.3 Å². The molecule has 0 aliphatic carbocycles. The number of carbonyl (C=O) groups is 2. The summed E-state index contributed by atoms with van der Waals surface area (Å²) in [4.78, 5) is 22.3. The molecular formula is C12H14BrNO5. The number of halogens is 1. The first-order valence-electron chi connectivity index (χ1n) is 5.45. The first-order valence-corrected chi connectivity index (χ1v) is 6.24. The fourth-order valence-corrected chi connectivity index (χ4v) is 1.64. The number of hydrogen-bond donors (Lipinski definition) is 3. The summed E-state index contributed by atoms with van der Waals surface area (Å²) in [6.07, 6.45) is -0.784. The van der Waals surface area contributed by atoms with Gasteiger partial charge in [-0.25, -0.2) is 0 Å². The molecule has 0 aromatic heterocycles. The molecule has 1 aromatic carbocycles. The fourth-order valence-electron chi connectivity index (χ4n) is 1.40. The van der Waals surface area contributed by atoms with Gasteiger partial charge in [0.25, 0.3) is 5.91 Å². The summed E-state index contributed by atoms with van der Waals surface area (Å²) in [5.41, 5.74) is 0.283. The van der Waals surface area contributed by atoms with Gasteiger partial charge in [0.2, 0.25) is 0 Å². The minimum atomic E-state index is -0.998. The van der Waals surface area contributed by atoms with E-state index in [4.69, 9.17) is 9.84 Å². The van der Waals surface area contributed by atoms with Crippen LogP contribution in [0.1, 0.15) is 16.8 Å². The predicted octanol–water partition coefficient (Wildman–Crippen LogP) is 1.37. The average Bonchev–Trinajstić information content (AvgIpc) is 2.36. The zero-order valence-electron chi connectivity index (χ0n) is 10.2. The molecule has 0 bridgehead atoms. The lowest BCUT2D eigenvalue weighted by Gasteiger charge is -2.14. The lowest BCUT2D eigenvalue weighted by atomic mass is 10.2. The van der Waals surface area contributed by atoms with Crippen LogP contribution in [0.5, 0.6) is 5.75 Å². The molecular weight excluding hydrogens is 318 g/mol. The number of phenolic OH excluding ortho intramolecular Hbond substituents is 1. The molecule has 3 N–H and O–H groups in total. The second-order valence-corrected chi connectivity index (χ2v) is 4.69. The second-order valence-electron chi connectivity index (χ2n) is 3.83. The SMILES string of the molecule is COC(CNC(=O)c1ccc(Br)c(O)c1)CC(=O)O. The van der Waals surface area contributed by atoms with Crippen LogP contribution in [0.3, 0.4) is 0 Å². The Balaban J connectivity index is 2.59. The van der Waals surface area contributed by atoms with Crippen molar-refractivity contribution in [2.45, 2.75) is 12.5 Å². The van der Waals surface area contributed by atoms with Crippen molar-refractivity contribution in [3.63, 3.8) is 0 Å². The van der Waals surface area contributed by atoms with Crippen molar-refractivity contribution >= 4 is 27.8 Å². The maximum absolute atomic E-state index is 11.8. The number of benzene rings is 1. The topological polar surface area (TPSA) is 95.9 Å². The Morgan fingerprint density at radius 2 is 2.16 bits per heavy atom. The highest BCUT2D eigenvalue weighted by molar-refractivity contribution is 9.10. The highest BCUT2D eigenvalue weighted by atomic mass is 79.9. The first kappa shape index (κ1) is 15.5. The van der Waals surface area contributed by atoms with Crippen LogP contribution >= 0.6 is 15.9 Å². The second kappa shape index (κ2) is 7.10. The fraction of sp³-hybridized carbons (Fsp3) is 0.333. The molecule has 0 saturated carbocycles. The molecule has 0 saturated heterocycles. The van der Waals surface area contributed by atoms with Gasteiger partial charge in [-0.3, -0.25) is 9.59 Å². The highest BCUT2D eigenvalue weighted by Gasteiger charge is 2.14. The van der Waals surface area contributed by atoms with Crippen LogP contribution in [0.15, 0.2) is 22.7 Å². The first-order chi connectivity index (χ1) is 8.93. The minimum absolute atomic E-state index is 0.0403. The zero-order valence-corrected chi connectivity index (χ0v) is 11.8. The summed E-state index contributed by atoms with van der Waals surface area (Å²) >= 11 is 3.11. The smallest absolute Gasteiger partial charge is 0.306 e. The number of carboxylic acids is 1. The Morgan fingerprint density at radius 3 is 2.68 bits per heavy atom. The highest BCUT2D eigenvalue weighted by Crippen LogP contribution is 2.24. The number of carbonyl (C=O) groups excluding carboxylic acids is 1. The van der Waals surface area contributed by atoms with E-state index in [0.717, 1.165) is 0 Å². The van der Waals surface area contributed by atoms with Gasteiger partial charge in [0.15, 0.2) is 0 Å². The van der Waals surface area contributed by atoms with Crippen molar-refractivity contribution in [2.75, 3.05) is 13.7 Å². The van der Waals surface area contributed by atoms with Gasteiger partial charge in [-0.2, -0.15) is 0 Å². The molecule has 0 aliphatic rings. The van der Waals surface area contributed by atoms with Gasteiger partial charge in [-0.05, 0) is 34.1 Å². The summed E-state index contributed by atoms with van der Waals surface area (Å²) < 4.78 is 5.43. The third-order valence-electron chi connectivity index (χ3n) is 2.43. The number of amides is 1. The van der Waals surface area contributed by atoms with Crippen LogP contribution in [0.25, 0.3) is 0 Å². The van der Waals surface area contributed by atoms with Gasteiger partial charge in [0, 0.05) is 19.2 Å². The Bertz CT molecular complexity index is 477. The van der Waals surface area contributed by atoms with Crippen LogP contribution in [0, 0.1) is 0 Å². The predicted molar refractivity (Wildman–Crippen MR) is 71.2 cm³/mol. The monoisotopic (exact) mass is 331 g/mol. The standard InChI is InChI=1S/C12H14BrNO5/c1-19-8(5-11(16)17)6-14-12(18)7-2-3-9(13)10(15)4-7/h2-4,8,15H,5-6H2,1H3,(H,14,18)(H,16,17). The molecule has 7 heteroatoms. The van der Waals surface area contributed by atoms with Crippen molar-refractivity contribution in [1.29, 1.82) is 0 Å². The van der Waals surface area contributed by atoms with E-state index in [9.17, 15) is 14.7 Å². The zero-order chi connectivity index (χ0) is 14.4. The van der Waals surface area contributed by atoms with E-state index >= 15 is 0 Å². The summed E-state index contributed by atoms with van der Waals surface area (Å²) in [7, 11) is 1.38. The Hall–Kier alpha value is -1.60.